The normalized spacial score (nSPS) is 15.2. The third-order valence-corrected chi connectivity index (χ3v) is 6.41. The van der Waals surface area contributed by atoms with Crippen LogP contribution in [0.1, 0.15) is 40.5 Å². The number of hydrogen-bond donors (Lipinski definition) is 1. The van der Waals surface area contributed by atoms with E-state index in [4.69, 9.17) is 4.52 Å². The Morgan fingerprint density at radius 3 is 2.35 bits per heavy atom. The van der Waals surface area contributed by atoms with E-state index in [2.05, 4.69) is 0 Å². The number of carbonyl (C=O) groups excluding carboxylic acids is 1. The number of amides is 1. The highest BCUT2D eigenvalue weighted by molar-refractivity contribution is 7.67. The Balaban J connectivity index is 2.89. The molecule has 0 aliphatic rings. The summed E-state index contributed by atoms with van der Waals surface area (Å²) in [7, 11) is -3.37. The molecule has 1 aromatic rings. The van der Waals surface area contributed by atoms with Crippen LogP contribution >= 0.6 is 7.37 Å². The molecule has 1 aromatic carbocycles. The minimum Gasteiger partial charge on any atom is -0.383 e. The molecule has 0 saturated carbocycles. The molecule has 0 saturated heterocycles. The van der Waals surface area contributed by atoms with Crippen molar-refractivity contribution in [2.75, 3.05) is 13.2 Å². The van der Waals surface area contributed by atoms with E-state index < -0.39 is 13.2 Å². The molecule has 6 heteroatoms. The molecule has 130 valence electrons. The maximum Gasteiger partial charge on any atom is 0.259 e. The van der Waals surface area contributed by atoms with Gasteiger partial charge in [-0.1, -0.05) is 25.1 Å². The zero-order chi connectivity index (χ0) is 17.5. The van der Waals surface area contributed by atoms with Gasteiger partial charge in [0.25, 0.3) is 7.37 Å². The standard InChI is InChI=1S/C17H28NO4P/c1-5-16(19)18(14(3)4)13-12-17(20)23(21,22-6-2)15-10-8-7-9-11-15/h7-11,14,17,20H,5-6,12-13H2,1-4H3. The zero-order valence-electron chi connectivity index (χ0n) is 14.4. The molecular weight excluding hydrogens is 313 g/mol. The van der Waals surface area contributed by atoms with Crippen LogP contribution < -0.4 is 5.30 Å². The van der Waals surface area contributed by atoms with Gasteiger partial charge in [-0.3, -0.25) is 9.36 Å². The lowest BCUT2D eigenvalue weighted by atomic mass is 10.2. The fourth-order valence-corrected chi connectivity index (χ4v) is 4.55. The van der Waals surface area contributed by atoms with Crippen molar-refractivity contribution >= 4 is 18.6 Å². The zero-order valence-corrected chi connectivity index (χ0v) is 15.3. The summed E-state index contributed by atoms with van der Waals surface area (Å²) >= 11 is 0. The first kappa shape index (κ1) is 19.9. The van der Waals surface area contributed by atoms with Gasteiger partial charge in [0.1, 0.15) is 5.85 Å². The predicted octanol–water partition coefficient (Wildman–Crippen LogP) is 2.98. The number of hydrogen-bond acceptors (Lipinski definition) is 4. The highest BCUT2D eigenvalue weighted by Crippen LogP contribution is 2.50. The molecule has 2 atom stereocenters. The summed E-state index contributed by atoms with van der Waals surface area (Å²) in [6, 6.07) is 8.82. The van der Waals surface area contributed by atoms with Crippen LogP contribution in [0, 0.1) is 0 Å². The highest BCUT2D eigenvalue weighted by atomic mass is 31.2. The third-order valence-electron chi connectivity index (χ3n) is 3.70. The minimum atomic E-state index is -3.37. The lowest BCUT2D eigenvalue weighted by Gasteiger charge is -2.29. The number of carbonyl (C=O) groups is 1. The molecular formula is C17H28NO4P. The fourth-order valence-electron chi connectivity index (χ4n) is 2.46. The van der Waals surface area contributed by atoms with Crippen LogP contribution in [0.2, 0.25) is 0 Å². The first-order valence-corrected chi connectivity index (χ1v) is 9.83. The molecule has 0 aliphatic heterocycles. The van der Waals surface area contributed by atoms with Crippen molar-refractivity contribution < 1.29 is 19.0 Å². The smallest absolute Gasteiger partial charge is 0.259 e. The molecule has 0 aromatic heterocycles. The van der Waals surface area contributed by atoms with Crippen LogP contribution in [0.3, 0.4) is 0 Å². The second kappa shape index (κ2) is 9.21. The van der Waals surface area contributed by atoms with E-state index in [9.17, 15) is 14.5 Å². The summed E-state index contributed by atoms with van der Waals surface area (Å²) in [6.45, 7) is 8.03. The van der Waals surface area contributed by atoms with Gasteiger partial charge < -0.3 is 14.5 Å². The van der Waals surface area contributed by atoms with Gasteiger partial charge in [-0.05, 0) is 32.9 Å². The molecule has 5 nitrogen and oxygen atoms in total. The summed E-state index contributed by atoms with van der Waals surface area (Å²) in [4.78, 5) is 13.7. The van der Waals surface area contributed by atoms with Crippen LogP contribution in [-0.2, 0) is 13.9 Å². The Morgan fingerprint density at radius 1 is 1.26 bits per heavy atom. The van der Waals surface area contributed by atoms with Gasteiger partial charge in [-0.15, -0.1) is 0 Å². The summed E-state index contributed by atoms with van der Waals surface area (Å²) in [6.07, 6.45) is 0.631. The number of aliphatic hydroxyl groups excluding tert-OH is 1. The molecule has 1 N–H and O–H groups in total. The van der Waals surface area contributed by atoms with Crippen LogP contribution in [0.25, 0.3) is 0 Å². The summed E-state index contributed by atoms with van der Waals surface area (Å²) in [5.74, 6) is -1.10. The molecule has 0 spiro atoms. The van der Waals surface area contributed by atoms with Crippen molar-refractivity contribution in [2.24, 2.45) is 0 Å². The van der Waals surface area contributed by atoms with Crippen LogP contribution in [0.15, 0.2) is 30.3 Å². The molecule has 2 unspecified atom stereocenters. The first-order chi connectivity index (χ1) is 10.9. The average Bonchev–Trinajstić information content (AvgIpc) is 2.55. The Kier molecular flexibility index (Phi) is 7.97. The van der Waals surface area contributed by atoms with Crippen molar-refractivity contribution in [3.05, 3.63) is 30.3 Å². The topological polar surface area (TPSA) is 66.8 Å². The third kappa shape index (κ3) is 5.17. The van der Waals surface area contributed by atoms with E-state index in [-0.39, 0.29) is 25.0 Å². The SMILES string of the molecule is CCOP(=O)(c1ccccc1)C(O)CCN(C(=O)CC)C(C)C. The molecule has 0 bridgehead atoms. The largest absolute Gasteiger partial charge is 0.383 e. The quantitative estimate of drug-likeness (QED) is 0.701. The second-order valence-corrected chi connectivity index (χ2v) is 8.22. The summed E-state index contributed by atoms with van der Waals surface area (Å²) in [5.41, 5.74) is 0. The lowest BCUT2D eigenvalue weighted by molar-refractivity contribution is -0.132. The van der Waals surface area contributed by atoms with E-state index in [1.807, 2.05) is 26.8 Å². The van der Waals surface area contributed by atoms with Crippen molar-refractivity contribution in [1.29, 1.82) is 0 Å². The predicted molar refractivity (Wildman–Crippen MR) is 93.1 cm³/mol. The van der Waals surface area contributed by atoms with E-state index in [0.717, 1.165) is 0 Å². The monoisotopic (exact) mass is 341 g/mol. The van der Waals surface area contributed by atoms with Crippen molar-refractivity contribution in [1.82, 2.24) is 4.90 Å². The Hall–Kier alpha value is -1.16. The summed E-state index contributed by atoms with van der Waals surface area (Å²) in [5, 5.41) is 11.0. The Labute approximate surface area is 139 Å². The number of nitrogens with zero attached hydrogens (tertiary/aromatic N) is 1. The summed E-state index contributed by atoms with van der Waals surface area (Å²) < 4.78 is 18.6. The molecule has 1 rings (SSSR count). The van der Waals surface area contributed by atoms with E-state index in [1.165, 1.54) is 0 Å². The van der Waals surface area contributed by atoms with Gasteiger partial charge in [-0.25, -0.2) is 0 Å². The average molecular weight is 341 g/mol. The maximum atomic E-state index is 13.2. The number of benzene rings is 1. The van der Waals surface area contributed by atoms with Crippen LogP contribution in [0.4, 0.5) is 0 Å². The van der Waals surface area contributed by atoms with Gasteiger partial charge in [0.15, 0.2) is 0 Å². The molecule has 0 aliphatic carbocycles. The fraction of sp³-hybridized carbons (Fsp3) is 0.588. The number of aliphatic hydroxyl groups is 1. The first-order valence-electron chi connectivity index (χ1n) is 8.14. The second-order valence-electron chi connectivity index (χ2n) is 5.65. The van der Waals surface area contributed by atoms with Crippen molar-refractivity contribution in [3.8, 4) is 0 Å². The highest BCUT2D eigenvalue weighted by Gasteiger charge is 2.35. The van der Waals surface area contributed by atoms with Gasteiger partial charge in [0.2, 0.25) is 5.91 Å². The Morgan fingerprint density at radius 2 is 1.87 bits per heavy atom. The van der Waals surface area contributed by atoms with E-state index in [1.54, 1.807) is 36.1 Å². The van der Waals surface area contributed by atoms with Gasteiger partial charge >= 0.3 is 0 Å². The van der Waals surface area contributed by atoms with E-state index >= 15 is 0 Å². The van der Waals surface area contributed by atoms with E-state index in [0.29, 0.717) is 18.3 Å². The van der Waals surface area contributed by atoms with Gasteiger partial charge in [-0.2, -0.15) is 0 Å². The lowest BCUT2D eigenvalue weighted by Crippen LogP contribution is -2.38. The van der Waals surface area contributed by atoms with Crippen molar-refractivity contribution in [2.45, 2.75) is 52.4 Å². The van der Waals surface area contributed by atoms with Crippen LogP contribution in [0.5, 0.6) is 0 Å². The minimum absolute atomic E-state index is 0.0261. The Bertz CT molecular complexity index is 533. The molecule has 23 heavy (non-hydrogen) atoms. The molecule has 0 fully saturated rings. The van der Waals surface area contributed by atoms with Gasteiger partial charge in [0.05, 0.1) is 6.61 Å². The van der Waals surface area contributed by atoms with Crippen molar-refractivity contribution in [3.63, 3.8) is 0 Å². The van der Waals surface area contributed by atoms with Gasteiger partial charge in [0, 0.05) is 30.7 Å². The maximum absolute atomic E-state index is 13.2. The molecule has 1 amide bonds. The molecule has 0 heterocycles. The number of rotatable bonds is 9. The van der Waals surface area contributed by atoms with Crippen LogP contribution in [-0.4, -0.2) is 41.0 Å². The molecule has 0 radical (unpaired) electrons.